The molecule has 2 rings (SSSR count). The maximum Gasteiger partial charge on any atom is 0.494 e. The van der Waals surface area contributed by atoms with Gasteiger partial charge in [-0.15, -0.1) is 0 Å². The van der Waals surface area contributed by atoms with Crippen LogP contribution in [0.3, 0.4) is 0 Å². The summed E-state index contributed by atoms with van der Waals surface area (Å²) in [7, 11) is -0.887. The molecule has 1 aliphatic rings. The van der Waals surface area contributed by atoms with Gasteiger partial charge in [0.05, 0.1) is 0 Å². The van der Waals surface area contributed by atoms with E-state index in [1.165, 1.54) is 27.7 Å². The van der Waals surface area contributed by atoms with Crippen LogP contribution in [0.5, 0.6) is 0 Å². The van der Waals surface area contributed by atoms with Crippen LogP contribution >= 0.6 is 0 Å². The predicted molar refractivity (Wildman–Crippen MR) is 106 cm³/mol. The summed E-state index contributed by atoms with van der Waals surface area (Å²) in [6.07, 6.45) is -4.10. The van der Waals surface area contributed by atoms with Gasteiger partial charge in [-0.1, -0.05) is 30.3 Å². The Bertz CT molecular complexity index is 737. The maximum absolute atomic E-state index is 11.7. The quantitative estimate of drug-likeness (QED) is 0.300. The van der Waals surface area contributed by atoms with Crippen molar-refractivity contribution in [3.05, 3.63) is 30.3 Å². The fourth-order valence-corrected chi connectivity index (χ4v) is 3.06. The molecule has 0 bridgehead atoms. The third-order valence-corrected chi connectivity index (χ3v) is 4.23. The molecule has 4 atom stereocenters. The van der Waals surface area contributed by atoms with Crippen molar-refractivity contribution in [1.29, 1.82) is 0 Å². The van der Waals surface area contributed by atoms with E-state index >= 15 is 0 Å². The van der Waals surface area contributed by atoms with Crippen LogP contribution in [-0.2, 0) is 47.4 Å². The second-order valence-electron chi connectivity index (χ2n) is 6.84. The van der Waals surface area contributed by atoms with Crippen LogP contribution in [-0.4, -0.2) is 68.6 Å². The monoisotopic (exact) mass is 436 g/mol. The SMILES string of the molecule is CC(=O)OC[C@H](OC(C)=O)[C@H]1OB(c2ccccc2)O[C@@H]1[C@@H](COC(C)=O)OC(C)=O. The van der Waals surface area contributed by atoms with Crippen LogP contribution in [0.1, 0.15) is 27.7 Å². The molecule has 0 spiro atoms. The van der Waals surface area contributed by atoms with Gasteiger partial charge in [-0.3, -0.25) is 19.2 Å². The minimum Gasteiger partial charge on any atom is -0.462 e. The molecule has 11 heteroatoms. The van der Waals surface area contributed by atoms with Crippen LogP contribution in [0.4, 0.5) is 0 Å². The van der Waals surface area contributed by atoms with Crippen LogP contribution in [0.2, 0.25) is 0 Å². The van der Waals surface area contributed by atoms with Crippen molar-refractivity contribution in [2.45, 2.75) is 52.1 Å². The van der Waals surface area contributed by atoms with Gasteiger partial charge in [-0.05, 0) is 5.46 Å². The van der Waals surface area contributed by atoms with Gasteiger partial charge in [0.1, 0.15) is 25.4 Å². The van der Waals surface area contributed by atoms with E-state index < -0.39 is 55.4 Å². The lowest BCUT2D eigenvalue weighted by Gasteiger charge is -2.30. The average molecular weight is 436 g/mol. The van der Waals surface area contributed by atoms with Crippen molar-refractivity contribution >= 4 is 36.5 Å². The lowest BCUT2D eigenvalue weighted by atomic mass is 9.79. The molecule has 0 amide bonds. The van der Waals surface area contributed by atoms with E-state index in [1.54, 1.807) is 24.3 Å². The molecule has 0 N–H and O–H groups in total. The largest absolute Gasteiger partial charge is 0.494 e. The summed E-state index contributed by atoms with van der Waals surface area (Å²) in [5.74, 6) is -2.43. The Morgan fingerprint density at radius 1 is 0.774 bits per heavy atom. The van der Waals surface area contributed by atoms with E-state index in [2.05, 4.69) is 0 Å². The number of esters is 4. The maximum atomic E-state index is 11.7. The second kappa shape index (κ2) is 11.5. The summed E-state index contributed by atoms with van der Waals surface area (Å²) in [6, 6.07) is 8.93. The first-order valence-corrected chi connectivity index (χ1v) is 9.64. The first-order chi connectivity index (χ1) is 14.7. The number of ether oxygens (including phenoxy) is 4. The number of benzene rings is 1. The fourth-order valence-electron chi connectivity index (χ4n) is 3.06. The zero-order valence-electron chi connectivity index (χ0n) is 17.8. The van der Waals surface area contributed by atoms with Crippen molar-refractivity contribution in [2.75, 3.05) is 13.2 Å². The van der Waals surface area contributed by atoms with E-state index in [0.29, 0.717) is 5.46 Å². The fraction of sp³-hybridized carbons (Fsp3) is 0.500. The lowest BCUT2D eigenvalue weighted by molar-refractivity contribution is -0.173. The smallest absolute Gasteiger partial charge is 0.462 e. The standard InChI is InChI=1S/C20H25BO10/c1-12(22)26-10-17(28-14(3)24)19-20(18(29-15(4)25)11-27-13(2)23)31-21(30-19)16-8-6-5-7-9-16/h5-9,17-20H,10-11H2,1-4H3/t17-,18+,19-,20-/m1/s1. The van der Waals surface area contributed by atoms with Crippen LogP contribution in [0.25, 0.3) is 0 Å². The Kier molecular flexibility index (Phi) is 9.01. The topological polar surface area (TPSA) is 124 Å². The van der Waals surface area contributed by atoms with Gasteiger partial charge in [0.25, 0.3) is 0 Å². The zero-order valence-corrected chi connectivity index (χ0v) is 17.8. The highest BCUT2D eigenvalue weighted by Gasteiger charge is 2.50. The molecule has 0 radical (unpaired) electrons. The highest BCUT2D eigenvalue weighted by atomic mass is 16.7. The zero-order chi connectivity index (χ0) is 23.0. The summed E-state index contributed by atoms with van der Waals surface area (Å²) in [6.45, 7) is 4.21. The Labute approximate surface area is 180 Å². The molecule has 1 aliphatic heterocycles. The number of hydrogen-bond acceptors (Lipinski definition) is 10. The van der Waals surface area contributed by atoms with Gasteiger partial charge >= 0.3 is 31.0 Å². The number of rotatable bonds is 9. The Balaban J connectivity index is 2.36. The molecule has 1 aromatic rings. The number of carbonyl (C=O) groups is 4. The normalized spacial score (nSPS) is 19.8. The summed E-state index contributed by atoms with van der Waals surface area (Å²) < 4.78 is 32.7. The lowest BCUT2D eigenvalue weighted by Crippen LogP contribution is -2.49. The van der Waals surface area contributed by atoms with Crippen molar-refractivity contribution in [3.63, 3.8) is 0 Å². The van der Waals surface area contributed by atoms with E-state index in [1.807, 2.05) is 6.07 Å². The molecule has 1 fully saturated rings. The van der Waals surface area contributed by atoms with E-state index in [-0.39, 0.29) is 13.2 Å². The average Bonchev–Trinajstić information content (AvgIpc) is 3.13. The molecule has 1 aromatic carbocycles. The van der Waals surface area contributed by atoms with Gasteiger partial charge in [0, 0.05) is 27.7 Å². The summed E-state index contributed by atoms with van der Waals surface area (Å²) in [4.78, 5) is 45.9. The Hall–Kier alpha value is -2.92. The highest BCUT2D eigenvalue weighted by molar-refractivity contribution is 6.61. The van der Waals surface area contributed by atoms with Gasteiger partial charge in [0.15, 0.2) is 12.2 Å². The van der Waals surface area contributed by atoms with Crippen LogP contribution in [0.15, 0.2) is 30.3 Å². The van der Waals surface area contributed by atoms with Crippen LogP contribution in [0, 0.1) is 0 Å². The van der Waals surface area contributed by atoms with Gasteiger partial charge < -0.3 is 28.3 Å². The van der Waals surface area contributed by atoms with E-state index in [9.17, 15) is 19.2 Å². The van der Waals surface area contributed by atoms with Gasteiger partial charge in [0.2, 0.25) is 0 Å². The van der Waals surface area contributed by atoms with Gasteiger partial charge in [-0.25, -0.2) is 0 Å². The molecular formula is C20H25BO10. The molecule has 0 unspecified atom stereocenters. The number of carbonyl (C=O) groups excluding carboxylic acids is 4. The summed E-state index contributed by atoms with van der Waals surface area (Å²) in [5, 5.41) is 0. The molecule has 1 heterocycles. The molecule has 0 aromatic heterocycles. The first kappa shape index (κ1) is 24.4. The second-order valence-corrected chi connectivity index (χ2v) is 6.84. The first-order valence-electron chi connectivity index (χ1n) is 9.64. The molecular weight excluding hydrogens is 411 g/mol. The number of hydrogen-bond donors (Lipinski definition) is 0. The molecule has 10 nitrogen and oxygen atoms in total. The summed E-state index contributed by atoms with van der Waals surface area (Å²) >= 11 is 0. The third kappa shape index (κ3) is 7.69. The summed E-state index contributed by atoms with van der Waals surface area (Å²) in [5.41, 5.74) is 0.665. The van der Waals surface area contributed by atoms with Crippen molar-refractivity contribution < 1.29 is 47.4 Å². The Morgan fingerprint density at radius 3 is 1.55 bits per heavy atom. The van der Waals surface area contributed by atoms with E-state index in [4.69, 9.17) is 28.3 Å². The van der Waals surface area contributed by atoms with E-state index in [0.717, 1.165) is 0 Å². The minimum atomic E-state index is -1.06. The van der Waals surface area contributed by atoms with Crippen LogP contribution < -0.4 is 5.46 Å². The van der Waals surface area contributed by atoms with Gasteiger partial charge in [-0.2, -0.15) is 0 Å². The predicted octanol–water partition coefficient (Wildman–Crippen LogP) is 0.155. The minimum absolute atomic E-state index is 0.304. The third-order valence-electron chi connectivity index (χ3n) is 4.23. The Morgan fingerprint density at radius 2 is 1.19 bits per heavy atom. The van der Waals surface area contributed by atoms with Crippen molar-refractivity contribution in [1.82, 2.24) is 0 Å². The van der Waals surface area contributed by atoms with Crippen molar-refractivity contribution in [3.8, 4) is 0 Å². The van der Waals surface area contributed by atoms with Crippen molar-refractivity contribution in [2.24, 2.45) is 0 Å². The molecule has 0 saturated carbocycles. The highest BCUT2D eigenvalue weighted by Crippen LogP contribution is 2.27. The molecule has 168 valence electrons. The molecule has 0 aliphatic carbocycles. The molecule has 31 heavy (non-hydrogen) atoms. The molecule has 1 saturated heterocycles.